The van der Waals surface area contributed by atoms with Crippen molar-refractivity contribution in [3.05, 3.63) is 35.4 Å². The summed E-state index contributed by atoms with van der Waals surface area (Å²) >= 11 is 0. The van der Waals surface area contributed by atoms with E-state index in [-0.39, 0.29) is 23.0 Å². The maximum Gasteiger partial charge on any atom is 0.337 e. The van der Waals surface area contributed by atoms with Crippen molar-refractivity contribution in [2.24, 2.45) is 5.92 Å². The Morgan fingerprint density at radius 1 is 1.18 bits per heavy atom. The van der Waals surface area contributed by atoms with Gasteiger partial charge in [0.15, 0.2) is 8.32 Å². The predicted molar refractivity (Wildman–Crippen MR) is 139 cm³/mol. The summed E-state index contributed by atoms with van der Waals surface area (Å²) in [6.07, 6.45) is 2.05. The van der Waals surface area contributed by atoms with E-state index in [2.05, 4.69) is 59.6 Å². The average Bonchev–Trinajstić information content (AvgIpc) is 3.09. The number of amides is 1. The van der Waals surface area contributed by atoms with Gasteiger partial charge in [-0.15, -0.1) is 0 Å². The largest absolute Gasteiger partial charge is 0.465 e. The van der Waals surface area contributed by atoms with Crippen LogP contribution in [0.15, 0.2) is 24.3 Å². The Labute approximate surface area is 207 Å². The molecule has 1 aromatic carbocycles. The lowest BCUT2D eigenvalue weighted by Gasteiger charge is -2.38. The summed E-state index contributed by atoms with van der Waals surface area (Å²) in [5, 5.41) is 3.99. The topological polar surface area (TPSA) is 59.1 Å². The number of esters is 1. The lowest BCUT2D eigenvalue weighted by molar-refractivity contribution is -0.137. The molecule has 1 fully saturated rings. The fraction of sp³-hybridized carbons (Fsp3) is 0.630. The quantitative estimate of drug-likeness (QED) is 0.282. The first-order valence-corrected chi connectivity index (χ1v) is 15.1. The van der Waals surface area contributed by atoms with E-state index < -0.39 is 8.32 Å². The van der Waals surface area contributed by atoms with Crippen LogP contribution in [0.1, 0.15) is 63.4 Å². The number of nitrogens with zero attached hydrogens (tertiary/aromatic N) is 2. The fourth-order valence-corrected chi connectivity index (χ4v) is 4.79. The van der Waals surface area contributed by atoms with Crippen molar-refractivity contribution in [2.75, 3.05) is 26.7 Å². The monoisotopic (exact) mass is 486 g/mol. The fourth-order valence-electron chi connectivity index (χ4n) is 3.57. The molecule has 0 aromatic heterocycles. The van der Waals surface area contributed by atoms with Gasteiger partial charge in [0, 0.05) is 19.5 Å². The summed E-state index contributed by atoms with van der Waals surface area (Å²) in [7, 11) is -0.542. The van der Waals surface area contributed by atoms with Crippen LogP contribution < -0.4 is 0 Å². The van der Waals surface area contributed by atoms with E-state index in [0.717, 1.165) is 12.0 Å². The van der Waals surface area contributed by atoms with E-state index in [9.17, 15) is 9.59 Å². The minimum atomic E-state index is -1.91. The molecule has 1 aliphatic rings. The minimum absolute atomic E-state index is 0.0824. The number of hydrogen-bond acceptors (Lipinski definition) is 5. The second-order valence-corrected chi connectivity index (χ2v) is 15.7. The van der Waals surface area contributed by atoms with Crippen molar-refractivity contribution >= 4 is 20.2 Å². The molecule has 0 aliphatic carbocycles. The van der Waals surface area contributed by atoms with Crippen molar-refractivity contribution < 1.29 is 18.8 Å². The molecule has 1 unspecified atom stereocenters. The van der Waals surface area contributed by atoms with Crippen LogP contribution in [0, 0.1) is 17.8 Å². The van der Waals surface area contributed by atoms with Crippen molar-refractivity contribution in [1.82, 2.24) is 10.0 Å². The molecule has 1 aliphatic heterocycles. The van der Waals surface area contributed by atoms with E-state index >= 15 is 0 Å². The Hall–Kier alpha value is -2.14. The number of ether oxygens (including phenoxy) is 1. The van der Waals surface area contributed by atoms with Gasteiger partial charge < -0.3 is 9.16 Å². The molecular formula is C27H42N2O4Si. The molecule has 1 aromatic rings. The van der Waals surface area contributed by atoms with E-state index in [4.69, 9.17) is 9.16 Å². The number of carbonyl (C=O) groups is 2. The number of methoxy groups -OCH3 is 1. The molecule has 1 heterocycles. The van der Waals surface area contributed by atoms with E-state index in [1.165, 1.54) is 7.11 Å². The zero-order valence-corrected chi connectivity index (χ0v) is 23.2. The molecule has 0 saturated carbocycles. The van der Waals surface area contributed by atoms with Crippen LogP contribution in [0.25, 0.3) is 0 Å². The van der Waals surface area contributed by atoms with Crippen LogP contribution >= 0.6 is 0 Å². The highest BCUT2D eigenvalue weighted by atomic mass is 28.4. The van der Waals surface area contributed by atoms with Crippen LogP contribution in [-0.2, 0) is 20.4 Å². The molecule has 0 radical (unpaired) electrons. The summed E-state index contributed by atoms with van der Waals surface area (Å²) in [6, 6.07) is 7.33. The number of hydrogen-bond donors (Lipinski definition) is 0. The van der Waals surface area contributed by atoms with E-state index in [1.54, 1.807) is 12.1 Å². The van der Waals surface area contributed by atoms with Gasteiger partial charge >= 0.3 is 5.97 Å². The van der Waals surface area contributed by atoms with E-state index in [1.807, 2.05) is 22.2 Å². The van der Waals surface area contributed by atoms with Gasteiger partial charge in [-0.25, -0.2) is 9.80 Å². The van der Waals surface area contributed by atoms with Gasteiger partial charge in [-0.3, -0.25) is 9.80 Å². The average molecular weight is 487 g/mol. The molecule has 2 rings (SSSR count). The van der Waals surface area contributed by atoms with Gasteiger partial charge in [-0.05, 0) is 54.6 Å². The summed E-state index contributed by atoms with van der Waals surface area (Å²) in [5.74, 6) is 6.97. The Morgan fingerprint density at radius 3 is 2.38 bits per heavy atom. The molecule has 7 heteroatoms. The van der Waals surface area contributed by atoms with Crippen molar-refractivity contribution in [1.29, 1.82) is 0 Å². The molecule has 0 N–H and O–H groups in total. The normalized spacial score (nSPS) is 15.9. The first kappa shape index (κ1) is 28.1. The summed E-state index contributed by atoms with van der Waals surface area (Å²) in [4.78, 5) is 24.1. The first-order chi connectivity index (χ1) is 15.8. The number of carbonyl (C=O) groups excluding carboxylic acids is 2. The molecule has 6 nitrogen and oxygen atoms in total. The van der Waals surface area contributed by atoms with Crippen LogP contribution in [0.5, 0.6) is 0 Å². The van der Waals surface area contributed by atoms with Crippen LogP contribution in [-0.4, -0.2) is 63.1 Å². The van der Waals surface area contributed by atoms with Gasteiger partial charge in [0.2, 0.25) is 5.91 Å². The van der Waals surface area contributed by atoms with Gasteiger partial charge in [0.05, 0.1) is 19.2 Å². The zero-order valence-electron chi connectivity index (χ0n) is 22.2. The Morgan fingerprint density at radius 2 is 1.82 bits per heavy atom. The molecule has 0 spiro atoms. The third-order valence-corrected chi connectivity index (χ3v) is 11.1. The maximum atomic E-state index is 12.5. The number of hydrazine groups is 1. The standard InChI is InChI=1S/C27H42N2O4Si/c1-21(2)20-24(33-34(7,8)27(3,4)5)10-9-17-28-18-16-25(30)29(28)19-15-22-11-13-23(14-12-22)26(31)32-6/h11-14,21,24H,15-20H2,1-8H3. The Bertz CT molecular complexity index is 894. The highest BCUT2D eigenvalue weighted by Crippen LogP contribution is 2.37. The molecule has 1 amide bonds. The molecular weight excluding hydrogens is 444 g/mol. The summed E-state index contributed by atoms with van der Waals surface area (Å²) in [5.41, 5.74) is 1.59. The van der Waals surface area contributed by atoms with Crippen molar-refractivity contribution in [2.45, 2.75) is 78.1 Å². The third-order valence-electron chi connectivity index (χ3n) is 6.65. The SMILES string of the molecule is COC(=O)c1ccc(CCN2C(=O)CCN2CC#CC(CC(C)C)O[Si](C)(C)C(C)(C)C)cc1. The second-order valence-electron chi connectivity index (χ2n) is 10.9. The molecule has 1 atom stereocenters. The molecule has 34 heavy (non-hydrogen) atoms. The third kappa shape index (κ3) is 7.97. The van der Waals surface area contributed by atoms with Crippen LogP contribution in [0.4, 0.5) is 0 Å². The smallest absolute Gasteiger partial charge is 0.337 e. The Balaban J connectivity index is 2.00. The van der Waals surface area contributed by atoms with Crippen molar-refractivity contribution in [3.8, 4) is 11.8 Å². The van der Waals surface area contributed by atoms with Crippen LogP contribution in [0.3, 0.4) is 0 Å². The Kier molecular flexibility index (Phi) is 9.92. The minimum Gasteiger partial charge on any atom is -0.465 e. The van der Waals surface area contributed by atoms with Gasteiger partial charge in [-0.2, -0.15) is 0 Å². The van der Waals surface area contributed by atoms with Crippen LogP contribution in [0.2, 0.25) is 18.1 Å². The van der Waals surface area contributed by atoms with Gasteiger partial charge in [0.25, 0.3) is 0 Å². The van der Waals surface area contributed by atoms with E-state index in [0.29, 0.717) is 44.0 Å². The second kappa shape index (κ2) is 12.0. The summed E-state index contributed by atoms with van der Waals surface area (Å²) < 4.78 is 11.3. The highest BCUT2D eigenvalue weighted by molar-refractivity contribution is 6.74. The molecule has 0 bridgehead atoms. The van der Waals surface area contributed by atoms with Gasteiger partial charge in [0.1, 0.15) is 6.10 Å². The van der Waals surface area contributed by atoms with Gasteiger partial charge in [-0.1, -0.05) is 58.6 Å². The number of benzene rings is 1. The van der Waals surface area contributed by atoms with Crippen molar-refractivity contribution in [3.63, 3.8) is 0 Å². The summed E-state index contributed by atoms with van der Waals surface area (Å²) in [6.45, 7) is 17.5. The molecule has 1 saturated heterocycles. The highest BCUT2D eigenvalue weighted by Gasteiger charge is 2.39. The predicted octanol–water partition coefficient (Wildman–Crippen LogP) is 4.90. The molecule has 188 valence electrons. The first-order valence-electron chi connectivity index (χ1n) is 12.2. The zero-order chi connectivity index (χ0) is 25.5. The lowest BCUT2D eigenvalue weighted by atomic mass is 10.1. The number of rotatable bonds is 9. The lowest BCUT2D eigenvalue weighted by Crippen LogP contribution is -2.44. The maximum absolute atomic E-state index is 12.5.